The van der Waals surface area contributed by atoms with E-state index in [4.69, 9.17) is 9.47 Å². The summed E-state index contributed by atoms with van der Waals surface area (Å²) in [5.41, 5.74) is 0.941. The van der Waals surface area contributed by atoms with E-state index in [2.05, 4.69) is 0 Å². The van der Waals surface area contributed by atoms with Crippen LogP contribution < -0.4 is 14.4 Å². The number of carbonyl (C=O) groups excluding carboxylic acids is 2. The molecule has 7 heteroatoms. The summed E-state index contributed by atoms with van der Waals surface area (Å²) >= 11 is 0.817. The Balaban J connectivity index is 1.97. The van der Waals surface area contributed by atoms with E-state index in [0.29, 0.717) is 22.7 Å². The maximum absolute atomic E-state index is 13.1. The van der Waals surface area contributed by atoms with Gasteiger partial charge < -0.3 is 9.47 Å². The van der Waals surface area contributed by atoms with Gasteiger partial charge in [0.1, 0.15) is 5.82 Å². The van der Waals surface area contributed by atoms with Crippen LogP contribution in [-0.2, 0) is 4.79 Å². The summed E-state index contributed by atoms with van der Waals surface area (Å²) < 4.78 is 23.6. The topological polar surface area (TPSA) is 55.8 Å². The van der Waals surface area contributed by atoms with Crippen LogP contribution >= 0.6 is 11.8 Å². The van der Waals surface area contributed by atoms with Crippen molar-refractivity contribution in [1.29, 1.82) is 0 Å². The molecule has 0 saturated carbocycles. The SMILES string of the molecule is COc1cccc(/C=C2\SC(=O)N(c3ccc(F)cc3)C2=O)c1OC. The molecule has 0 unspecified atom stereocenters. The number of thioether (sulfide) groups is 1. The first-order chi connectivity index (χ1) is 12.0. The average Bonchev–Trinajstić information content (AvgIpc) is 2.89. The minimum atomic E-state index is -0.466. The molecule has 2 amide bonds. The number of methoxy groups -OCH3 is 2. The highest BCUT2D eigenvalue weighted by molar-refractivity contribution is 8.19. The van der Waals surface area contributed by atoms with Crippen molar-refractivity contribution in [3.63, 3.8) is 0 Å². The zero-order valence-electron chi connectivity index (χ0n) is 13.5. The lowest BCUT2D eigenvalue weighted by Gasteiger charge is -2.12. The van der Waals surface area contributed by atoms with Gasteiger partial charge in [-0.25, -0.2) is 9.29 Å². The maximum Gasteiger partial charge on any atom is 0.298 e. The Kier molecular flexibility index (Phi) is 4.76. The van der Waals surface area contributed by atoms with Gasteiger partial charge in [-0.15, -0.1) is 0 Å². The second-order valence-electron chi connectivity index (χ2n) is 5.08. The highest BCUT2D eigenvalue weighted by Crippen LogP contribution is 2.38. The summed E-state index contributed by atoms with van der Waals surface area (Å²) in [5.74, 6) is 0.0893. The van der Waals surface area contributed by atoms with Crippen LogP contribution in [0.15, 0.2) is 47.4 Å². The lowest BCUT2D eigenvalue weighted by molar-refractivity contribution is -0.113. The van der Waals surface area contributed by atoms with Crippen LogP contribution in [0.1, 0.15) is 5.56 Å². The van der Waals surface area contributed by atoms with E-state index in [-0.39, 0.29) is 4.91 Å². The van der Waals surface area contributed by atoms with E-state index in [0.717, 1.165) is 16.7 Å². The van der Waals surface area contributed by atoms with Gasteiger partial charge in [-0.05, 0) is 48.2 Å². The van der Waals surface area contributed by atoms with E-state index < -0.39 is 17.0 Å². The molecule has 1 heterocycles. The Morgan fingerprint density at radius 3 is 2.40 bits per heavy atom. The van der Waals surface area contributed by atoms with Crippen LogP contribution in [0.2, 0.25) is 0 Å². The number of amides is 2. The number of anilines is 1. The molecule has 1 aliphatic heterocycles. The van der Waals surface area contributed by atoms with Crippen molar-refractivity contribution in [2.24, 2.45) is 0 Å². The molecular formula is C18H14FNO4S. The number of benzene rings is 2. The van der Waals surface area contributed by atoms with Gasteiger partial charge in [-0.1, -0.05) is 12.1 Å². The van der Waals surface area contributed by atoms with Gasteiger partial charge in [0.15, 0.2) is 11.5 Å². The number of halogens is 1. The normalized spacial score (nSPS) is 15.8. The molecule has 5 nitrogen and oxygen atoms in total. The predicted octanol–water partition coefficient (Wildman–Crippen LogP) is 4.08. The van der Waals surface area contributed by atoms with Crippen molar-refractivity contribution in [2.75, 3.05) is 19.1 Å². The quantitative estimate of drug-likeness (QED) is 0.770. The summed E-state index contributed by atoms with van der Waals surface area (Å²) in [4.78, 5) is 26.1. The van der Waals surface area contributed by atoms with Crippen molar-refractivity contribution < 1.29 is 23.5 Å². The van der Waals surface area contributed by atoms with Crippen LogP contribution in [0, 0.1) is 5.82 Å². The van der Waals surface area contributed by atoms with E-state index in [9.17, 15) is 14.0 Å². The molecule has 1 aliphatic rings. The van der Waals surface area contributed by atoms with Gasteiger partial charge in [0.25, 0.3) is 11.1 Å². The van der Waals surface area contributed by atoms with Gasteiger partial charge in [0, 0.05) is 5.56 Å². The van der Waals surface area contributed by atoms with Gasteiger partial charge in [0.05, 0.1) is 24.8 Å². The molecule has 3 rings (SSSR count). The third-order valence-corrected chi connectivity index (χ3v) is 4.47. The van der Waals surface area contributed by atoms with Crippen LogP contribution in [0.25, 0.3) is 6.08 Å². The van der Waals surface area contributed by atoms with Crippen molar-refractivity contribution in [3.05, 3.63) is 58.8 Å². The average molecular weight is 359 g/mol. The molecule has 1 fully saturated rings. The van der Waals surface area contributed by atoms with E-state index in [1.165, 1.54) is 38.5 Å². The Bertz CT molecular complexity index is 864. The predicted molar refractivity (Wildman–Crippen MR) is 94.4 cm³/mol. The summed E-state index contributed by atoms with van der Waals surface area (Å²) in [6.07, 6.45) is 1.58. The number of hydrogen-bond acceptors (Lipinski definition) is 5. The number of hydrogen-bond donors (Lipinski definition) is 0. The molecule has 0 aliphatic carbocycles. The van der Waals surface area contributed by atoms with Gasteiger partial charge in [-0.2, -0.15) is 0 Å². The lowest BCUT2D eigenvalue weighted by atomic mass is 10.1. The minimum Gasteiger partial charge on any atom is -0.493 e. The first-order valence-corrected chi connectivity index (χ1v) is 8.11. The summed E-state index contributed by atoms with van der Waals surface area (Å²) in [6.45, 7) is 0. The van der Waals surface area contributed by atoms with E-state index in [1.807, 2.05) is 0 Å². The van der Waals surface area contributed by atoms with E-state index >= 15 is 0 Å². The van der Waals surface area contributed by atoms with Crippen molar-refractivity contribution in [1.82, 2.24) is 0 Å². The number of para-hydroxylation sites is 1. The Morgan fingerprint density at radius 1 is 1.04 bits per heavy atom. The van der Waals surface area contributed by atoms with Crippen LogP contribution in [-0.4, -0.2) is 25.4 Å². The van der Waals surface area contributed by atoms with E-state index in [1.54, 1.807) is 24.3 Å². The standard InChI is InChI=1S/C18H14FNO4S/c1-23-14-5-3-4-11(16(14)24-2)10-15-17(21)20(18(22)25-15)13-8-6-12(19)7-9-13/h3-10H,1-2H3/b15-10-. The highest BCUT2D eigenvalue weighted by atomic mass is 32.2. The summed E-state index contributed by atoms with van der Waals surface area (Å²) in [5, 5.41) is -0.440. The summed E-state index contributed by atoms with van der Waals surface area (Å²) in [6, 6.07) is 10.4. The fraction of sp³-hybridized carbons (Fsp3) is 0.111. The number of imide groups is 1. The fourth-order valence-electron chi connectivity index (χ4n) is 2.45. The maximum atomic E-state index is 13.1. The molecule has 0 spiro atoms. The molecule has 2 aromatic carbocycles. The Labute approximate surface area is 148 Å². The zero-order chi connectivity index (χ0) is 18.0. The summed E-state index contributed by atoms with van der Waals surface area (Å²) in [7, 11) is 3.02. The molecule has 0 N–H and O–H groups in total. The Hall–Kier alpha value is -2.80. The van der Waals surface area contributed by atoms with Crippen molar-refractivity contribution >= 4 is 34.7 Å². The van der Waals surface area contributed by atoms with Gasteiger partial charge >= 0.3 is 0 Å². The van der Waals surface area contributed by atoms with Crippen LogP contribution in [0.4, 0.5) is 14.9 Å². The van der Waals surface area contributed by atoms with Crippen molar-refractivity contribution in [2.45, 2.75) is 0 Å². The van der Waals surface area contributed by atoms with Gasteiger partial charge in [0.2, 0.25) is 0 Å². The van der Waals surface area contributed by atoms with Crippen LogP contribution in [0.3, 0.4) is 0 Å². The smallest absolute Gasteiger partial charge is 0.298 e. The Morgan fingerprint density at radius 2 is 1.76 bits per heavy atom. The monoisotopic (exact) mass is 359 g/mol. The lowest BCUT2D eigenvalue weighted by Crippen LogP contribution is -2.27. The number of nitrogens with zero attached hydrogens (tertiary/aromatic N) is 1. The first kappa shape index (κ1) is 17.0. The number of carbonyl (C=O) groups is 2. The zero-order valence-corrected chi connectivity index (χ0v) is 14.3. The molecule has 1 saturated heterocycles. The second-order valence-corrected chi connectivity index (χ2v) is 6.07. The molecule has 0 atom stereocenters. The molecule has 2 aromatic rings. The number of rotatable bonds is 4. The molecular weight excluding hydrogens is 345 g/mol. The fourth-order valence-corrected chi connectivity index (χ4v) is 3.28. The largest absolute Gasteiger partial charge is 0.493 e. The van der Waals surface area contributed by atoms with Gasteiger partial charge in [-0.3, -0.25) is 9.59 Å². The third kappa shape index (κ3) is 3.23. The minimum absolute atomic E-state index is 0.251. The third-order valence-electron chi connectivity index (χ3n) is 3.60. The number of ether oxygens (including phenoxy) is 2. The molecule has 0 aromatic heterocycles. The molecule has 0 bridgehead atoms. The molecule has 25 heavy (non-hydrogen) atoms. The van der Waals surface area contributed by atoms with Crippen molar-refractivity contribution in [3.8, 4) is 11.5 Å². The molecule has 128 valence electrons. The van der Waals surface area contributed by atoms with Crippen LogP contribution in [0.5, 0.6) is 11.5 Å². The first-order valence-electron chi connectivity index (χ1n) is 7.29. The molecule has 0 radical (unpaired) electrons. The second kappa shape index (κ2) is 6.98. The highest BCUT2D eigenvalue weighted by Gasteiger charge is 2.36.